The SMILES string of the molecule is CC(CC(=O)c1ccco1)NC(=O)Cc1ccc(-n2cnnn2)cc1. The van der Waals surface area contributed by atoms with Crippen LogP contribution in [0.5, 0.6) is 0 Å². The molecule has 0 aliphatic heterocycles. The van der Waals surface area contributed by atoms with Gasteiger partial charge in [-0.3, -0.25) is 9.59 Å². The summed E-state index contributed by atoms with van der Waals surface area (Å²) < 4.78 is 6.59. The van der Waals surface area contributed by atoms with E-state index in [2.05, 4.69) is 20.8 Å². The summed E-state index contributed by atoms with van der Waals surface area (Å²) in [5.41, 5.74) is 1.67. The van der Waals surface area contributed by atoms with Gasteiger partial charge in [0.2, 0.25) is 5.91 Å². The van der Waals surface area contributed by atoms with Crippen molar-refractivity contribution in [2.24, 2.45) is 0 Å². The third-order valence-corrected chi connectivity index (χ3v) is 3.61. The lowest BCUT2D eigenvalue weighted by Gasteiger charge is -2.12. The Morgan fingerprint density at radius 3 is 2.68 bits per heavy atom. The predicted molar refractivity (Wildman–Crippen MR) is 88.1 cm³/mol. The van der Waals surface area contributed by atoms with E-state index in [0.29, 0.717) is 5.76 Å². The van der Waals surface area contributed by atoms with Crippen LogP contribution in [0.2, 0.25) is 0 Å². The fourth-order valence-corrected chi connectivity index (χ4v) is 2.42. The van der Waals surface area contributed by atoms with Gasteiger partial charge in [-0.2, -0.15) is 0 Å². The van der Waals surface area contributed by atoms with E-state index in [1.54, 1.807) is 19.1 Å². The van der Waals surface area contributed by atoms with Crippen molar-refractivity contribution in [1.82, 2.24) is 25.5 Å². The number of ketones is 1. The van der Waals surface area contributed by atoms with Crippen LogP contribution in [0.1, 0.15) is 29.5 Å². The number of hydrogen-bond acceptors (Lipinski definition) is 6. The maximum absolute atomic E-state index is 12.1. The first-order valence-corrected chi connectivity index (χ1v) is 7.80. The summed E-state index contributed by atoms with van der Waals surface area (Å²) in [6, 6.07) is 10.4. The second kappa shape index (κ2) is 7.52. The summed E-state index contributed by atoms with van der Waals surface area (Å²) in [4.78, 5) is 24.1. The number of tetrazole rings is 1. The molecule has 3 aromatic rings. The zero-order chi connectivity index (χ0) is 17.6. The maximum Gasteiger partial charge on any atom is 0.224 e. The van der Waals surface area contributed by atoms with Crippen LogP contribution < -0.4 is 5.32 Å². The molecule has 2 aromatic heterocycles. The van der Waals surface area contributed by atoms with E-state index in [0.717, 1.165) is 11.3 Å². The minimum absolute atomic E-state index is 0.136. The molecule has 0 fully saturated rings. The number of furan rings is 1. The van der Waals surface area contributed by atoms with Crippen molar-refractivity contribution < 1.29 is 14.0 Å². The van der Waals surface area contributed by atoms with Crippen molar-refractivity contribution in [3.05, 3.63) is 60.3 Å². The molecule has 0 saturated carbocycles. The summed E-state index contributed by atoms with van der Waals surface area (Å²) >= 11 is 0. The van der Waals surface area contributed by atoms with Crippen LogP contribution in [-0.4, -0.2) is 37.9 Å². The van der Waals surface area contributed by atoms with E-state index in [1.165, 1.54) is 17.3 Å². The van der Waals surface area contributed by atoms with Crippen molar-refractivity contribution in [2.45, 2.75) is 25.8 Å². The minimum Gasteiger partial charge on any atom is -0.461 e. The van der Waals surface area contributed by atoms with Gasteiger partial charge in [-0.05, 0) is 47.2 Å². The number of hydrogen-bond donors (Lipinski definition) is 1. The highest BCUT2D eigenvalue weighted by molar-refractivity contribution is 5.94. The zero-order valence-corrected chi connectivity index (χ0v) is 13.6. The topological polar surface area (TPSA) is 103 Å². The van der Waals surface area contributed by atoms with E-state index in [4.69, 9.17) is 4.42 Å². The van der Waals surface area contributed by atoms with E-state index in [1.807, 2.05) is 24.3 Å². The Bertz CT molecular complexity index is 826. The largest absolute Gasteiger partial charge is 0.461 e. The lowest BCUT2D eigenvalue weighted by molar-refractivity contribution is -0.121. The van der Waals surface area contributed by atoms with Crippen LogP contribution in [0.25, 0.3) is 5.69 Å². The second-order valence-electron chi connectivity index (χ2n) is 5.67. The summed E-state index contributed by atoms with van der Waals surface area (Å²) in [7, 11) is 0. The number of nitrogens with one attached hydrogen (secondary N) is 1. The van der Waals surface area contributed by atoms with Crippen LogP contribution in [0.15, 0.2) is 53.4 Å². The molecule has 0 radical (unpaired) electrons. The van der Waals surface area contributed by atoms with Crippen LogP contribution in [0, 0.1) is 0 Å². The first kappa shape index (κ1) is 16.6. The molecule has 1 atom stereocenters. The first-order valence-electron chi connectivity index (χ1n) is 7.80. The van der Waals surface area contributed by atoms with Gasteiger partial charge in [0.1, 0.15) is 6.33 Å². The van der Waals surface area contributed by atoms with Gasteiger partial charge >= 0.3 is 0 Å². The molecule has 128 valence electrons. The zero-order valence-electron chi connectivity index (χ0n) is 13.6. The Labute approximate surface area is 143 Å². The Kier molecular flexibility index (Phi) is 4.98. The van der Waals surface area contributed by atoms with Crippen molar-refractivity contribution in [2.75, 3.05) is 0 Å². The number of benzene rings is 1. The molecule has 25 heavy (non-hydrogen) atoms. The van der Waals surface area contributed by atoms with Gasteiger partial charge in [0.05, 0.1) is 18.4 Å². The summed E-state index contributed by atoms with van der Waals surface area (Å²) in [5.74, 6) is 0.0257. The predicted octanol–water partition coefficient (Wildman–Crippen LogP) is 1.58. The standard InChI is InChI=1S/C17H17N5O3/c1-12(9-15(23)16-3-2-8-25-16)19-17(24)10-13-4-6-14(7-5-13)22-11-18-20-21-22/h2-8,11-12H,9-10H2,1H3,(H,19,24). The third-order valence-electron chi connectivity index (χ3n) is 3.61. The lowest BCUT2D eigenvalue weighted by Crippen LogP contribution is -2.35. The molecule has 3 rings (SSSR count). The minimum atomic E-state index is -0.273. The van der Waals surface area contributed by atoms with Gasteiger partial charge < -0.3 is 9.73 Å². The molecule has 8 heteroatoms. The molecule has 1 amide bonds. The maximum atomic E-state index is 12.1. The smallest absolute Gasteiger partial charge is 0.224 e. The Morgan fingerprint density at radius 1 is 1.24 bits per heavy atom. The van der Waals surface area contributed by atoms with Gasteiger partial charge in [0, 0.05) is 12.5 Å². The molecule has 0 bridgehead atoms. The summed E-state index contributed by atoms with van der Waals surface area (Å²) in [5, 5.41) is 13.8. The van der Waals surface area contributed by atoms with Gasteiger partial charge in [-0.25, -0.2) is 4.68 Å². The number of amides is 1. The highest BCUT2D eigenvalue weighted by Gasteiger charge is 2.15. The Balaban J connectivity index is 1.51. The van der Waals surface area contributed by atoms with Gasteiger partial charge in [-0.15, -0.1) is 5.10 Å². The Morgan fingerprint density at radius 2 is 2.04 bits per heavy atom. The van der Waals surface area contributed by atoms with Crippen LogP contribution in [-0.2, 0) is 11.2 Å². The average molecular weight is 339 g/mol. The molecule has 8 nitrogen and oxygen atoms in total. The number of carbonyl (C=O) groups is 2. The molecule has 2 heterocycles. The van der Waals surface area contributed by atoms with E-state index < -0.39 is 0 Å². The monoisotopic (exact) mass is 339 g/mol. The summed E-state index contributed by atoms with van der Waals surface area (Å²) in [6.45, 7) is 1.79. The molecule has 0 aliphatic rings. The molecule has 1 N–H and O–H groups in total. The molecule has 0 saturated heterocycles. The van der Waals surface area contributed by atoms with Gasteiger partial charge in [0.15, 0.2) is 11.5 Å². The third kappa shape index (κ3) is 4.37. The quantitative estimate of drug-likeness (QED) is 0.656. The van der Waals surface area contributed by atoms with Gasteiger partial charge in [-0.1, -0.05) is 12.1 Å². The fourth-order valence-electron chi connectivity index (χ4n) is 2.42. The molecule has 0 aliphatic carbocycles. The number of nitrogens with zero attached hydrogens (tertiary/aromatic N) is 4. The second-order valence-corrected chi connectivity index (χ2v) is 5.67. The van der Waals surface area contributed by atoms with Crippen molar-refractivity contribution in [1.29, 1.82) is 0 Å². The lowest BCUT2D eigenvalue weighted by atomic mass is 10.1. The van der Waals surface area contributed by atoms with Crippen LogP contribution in [0.4, 0.5) is 0 Å². The van der Waals surface area contributed by atoms with E-state index >= 15 is 0 Å². The van der Waals surface area contributed by atoms with E-state index in [-0.39, 0.29) is 30.6 Å². The van der Waals surface area contributed by atoms with Crippen molar-refractivity contribution in [3.8, 4) is 5.69 Å². The first-order chi connectivity index (χ1) is 12.1. The Hall–Kier alpha value is -3.29. The molecule has 1 aromatic carbocycles. The highest BCUT2D eigenvalue weighted by Crippen LogP contribution is 2.09. The average Bonchev–Trinajstić information content (AvgIpc) is 3.29. The number of aromatic nitrogens is 4. The van der Waals surface area contributed by atoms with Crippen LogP contribution >= 0.6 is 0 Å². The van der Waals surface area contributed by atoms with Crippen LogP contribution in [0.3, 0.4) is 0 Å². The molecular weight excluding hydrogens is 322 g/mol. The molecular formula is C17H17N5O3. The van der Waals surface area contributed by atoms with Gasteiger partial charge in [0.25, 0.3) is 0 Å². The molecule has 1 unspecified atom stereocenters. The highest BCUT2D eigenvalue weighted by atomic mass is 16.3. The fraction of sp³-hybridized carbons (Fsp3) is 0.235. The number of carbonyl (C=O) groups excluding carboxylic acids is 2. The number of Topliss-reactive ketones (excluding diaryl/α,β-unsaturated/α-hetero) is 1. The van der Waals surface area contributed by atoms with Crippen molar-refractivity contribution in [3.63, 3.8) is 0 Å². The molecule has 0 spiro atoms. The normalized spacial score (nSPS) is 11.9. The summed E-state index contributed by atoms with van der Waals surface area (Å²) in [6.07, 6.45) is 3.38. The van der Waals surface area contributed by atoms with E-state index in [9.17, 15) is 9.59 Å². The van der Waals surface area contributed by atoms with Crippen molar-refractivity contribution >= 4 is 11.7 Å². The number of rotatable bonds is 7.